The number of nitrogens with zero attached hydrogens (tertiary/aromatic N) is 2. The third-order valence-corrected chi connectivity index (χ3v) is 2.67. The fourth-order valence-electron chi connectivity index (χ4n) is 1.81. The first kappa shape index (κ1) is 10.7. The maximum atomic E-state index is 11.3. The fraction of sp³-hybridized carbons (Fsp3) is 0.875. The predicted octanol–water partition coefficient (Wildman–Crippen LogP) is 0.802. The molecule has 1 fully saturated rings. The lowest BCUT2D eigenvalue weighted by Gasteiger charge is -2.26. The van der Waals surface area contributed by atoms with Crippen LogP contribution in [-0.4, -0.2) is 25.0 Å². The van der Waals surface area contributed by atoms with Gasteiger partial charge >= 0.3 is 0 Å². The van der Waals surface area contributed by atoms with Crippen molar-refractivity contribution in [3.63, 3.8) is 0 Å². The number of amides is 1. The van der Waals surface area contributed by atoms with E-state index in [0.29, 0.717) is 19.3 Å². The first-order valence-corrected chi connectivity index (χ1v) is 4.59. The molecule has 0 bridgehead atoms. The van der Waals surface area contributed by atoms with Crippen molar-refractivity contribution in [3.05, 3.63) is 9.81 Å². The number of rotatable bonds is 3. The van der Waals surface area contributed by atoms with Gasteiger partial charge in [0.15, 0.2) is 0 Å². The minimum atomic E-state index is -0.636. The first-order valence-electron chi connectivity index (χ1n) is 4.59. The van der Waals surface area contributed by atoms with E-state index < -0.39 is 12.1 Å². The van der Waals surface area contributed by atoms with Gasteiger partial charge in [0.05, 0.1) is 0 Å². The number of carbonyl (C=O) groups is 1. The third-order valence-electron chi connectivity index (χ3n) is 2.67. The van der Waals surface area contributed by atoms with Gasteiger partial charge in [0.25, 0.3) is 0 Å². The van der Waals surface area contributed by atoms with Crippen LogP contribution in [0, 0.1) is 15.7 Å². The van der Waals surface area contributed by atoms with Crippen molar-refractivity contribution in [3.8, 4) is 0 Å². The minimum Gasteiger partial charge on any atom is -0.359 e. The van der Waals surface area contributed by atoms with E-state index >= 15 is 0 Å². The molecule has 1 rings (SSSR count). The molecule has 1 N–H and O–H groups in total. The summed E-state index contributed by atoms with van der Waals surface area (Å²) in [5.74, 6) is -0.302. The lowest BCUT2D eigenvalue weighted by atomic mass is 9.82. The SMILES string of the molecule is CNC(=O)C1CCC(N=O)C(N=O)C1. The molecule has 1 aliphatic rings. The standard InChI is InChI=1S/C8H13N3O3/c1-9-8(12)5-2-3-6(10-13)7(4-5)11-14/h5-7H,2-4H2,1H3,(H,9,12). The van der Waals surface area contributed by atoms with Crippen LogP contribution in [0.1, 0.15) is 19.3 Å². The van der Waals surface area contributed by atoms with Crippen LogP contribution in [0.25, 0.3) is 0 Å². The average Bonchev–Trinajstić information content (AvgIpc) is 2.26. The van der Waals surface area contributed by atoms with Crippen LogP contribution in [-0.2, 0) is 4.79 Å². The van der Waals surface area contributed by atoms with Crippen molar-refractivity contribution in [1.29, 1.82) is 0 Å². The van der Waals surface area contributed by atoms with E-state index in [1.54, 1.807) is 7.05 Å². The summed E-state index contributed by atoms with van der Waals surface area (Å²) in [7, 11) is 1.55. The van der Waals surface area contributed by atoms with Crippen molar-refractivity contribution in [2.45, 2.75) is 31.3 Å². The summed E-state index contributed by atoms with van der Waals surface area (Å²) in [6.45, 7) is 0. The summed E-state index contributed by atoms with van der Waals surface area (Å²) in [6, 6.07) is -1.18. The largest absolute Gasteiger partial charge is 0.359 e. The summed E-state index contributed by atoms with van der Waals surface area (Å²) < 4.78 is 0. The Morgan fingerprint density at radius 1 is 1.21 bits per heavy atom. The molecular formula is C8H13N3O3. The second kappa shape index (κ2) is 4.78. The van der Waals surface area contributed by atoms with Gasteiger partial charge in [-0.1, -0.05) is 10.4 Å². The van der Waals surface area contributed by atoms with Gasteiger partial charge in [-0.05, 0) is 19.3 Å². The number of hydrogen-bond acceptors (Lipinski definition) is 5. The molecule has 0 spiro atoms. The molecule has 3 unspecified atom stereocenters. The summed E-state index contributed by atoms with van der Waals surface area (Å²) in [4.78, 5) is 32.0. The molecule has 0 heterocycles. The topological polar surface area (TPSA) is 88.0 Å². The molecule has 14 heavy (non-hydrogen) atoms. The Kier molecular flexibility index (Phi) is 3.67. The van der Waals surface area contributed by atoms with E-state index in [1.165, 1.54) is 0 Å². The Labute approximate surface area is 81.4 Å². The van der Waals surface area contributed by atoms with Crippen LogP contribution in [0.3, 0.4) is 0 Å². The monoisotopic (exact) mass is 199 g/mol. The summed E-state index contributed by atoms with van der Waals surface area (Å²) >= 11 is 0. The van der Waals surface area contributed by atoms with Gasteiger partial charge in [-0.25, -0.2) is 0 Å². The zero-order valence-corrected chi connectivity index (χ0v) is 7.97. The van der Waals surface area contributed by atoms with Gasteiger partial charge in [-0.15, -0.1) is 0 Å². The maximum absolute atomic E-state index is 11.3. The molecule has 0 saturated heterocycles. The normalized spacial score (nSPS) is 31.9. The lowest BCUT2D eigenvalue weighted by molar-refractivity contribution is -0.125. The van der Waals surface area contributed by atoms with E-state index in [9.17, 15) is 14.6 Å². The van der Waals surface area contributed by atoms with Crippen LogP contribution >= 0.6 is 0 Å². The van der Waals surface area contributed by atoms with Crippen molar-refractivity contribution >= 4 is 5.91 Å². The zero-order valence-electron chi connectivity index (χ0n) is 7.97. The Balaban J connectivity index is 2.60. The number of hydrogen-bond donors (Lipinski definition) is 1. The highest BCUT2D eigenvalue weighted by Crippen LogP contribution is 2.28. The fourth-order valence-corrected chi connectivity index (χ4v) is 1.81. The van der Waals surface area contributed by atoms with Gasteiger partial charge in [0, 0.05) is 13.0 Å². The maximum Gasteiger partial charge on any atom is 0.222 e. The Bertz CT molecular complexity index is 244. The van der Waals surface area contributed by atoms with Crippen LogP contribution in [0.2, 0.25) is 0 Å². The molecule has 6 nitrogen and oxygen atoms in total. The van der Waals surface area contributed by atoms with Crippen LogP contribution in [0.4, 0.5) is 0 Å². The van der Waals surface area contributed by atoms with Crippen LogP contribution in [0.15, 0.2) is 10.4 Å². The second-order valence-corrected chi connectivity index (χ2v) is 3.47. The highest BCUT2D eigenvalue weighted by molar-refractivity contribution is 5.78. The molecule has 6 heteroatoms. The van der Waals surface area contributed by atoms with Crippen molar-refractivity contribution in [1.82, 2.24) is 5.32 Å². The lowest BCUT2D eigenvalue weighted by Crippen LogP contribution is -2.37. The smallest absolute Gasteiger partial charge is 0.222 e. The van der Waals surface area contributed by atoms with E-state index in [4.69, 9.17) is 0 Å². The predicted molar refractivity (Wildman–Crippen MR) is 50.6 cm³/mol. The van der Waals surface area contributed by atoms with Crippen LogP contribution < -0.4 is 5.32 Å². The number of nitrogens with one attached hydrogen (secondary N) is 1. The molecule has 78 valence electrons. The van der Waals surface area contributed by atoms with E-state index in [1.807, 2.05) is 0 Å². The van der Waals surface area contributed by atoms with Gasteiger partial charge in [0.1, 0.15) is 12.1 Å². The number of nitroso groups, excluding NO2 is 2. The van der Waals surface area contributed by atoms with Crippen LogP contribution in [0.5, 0.6) is 0 Å². The summed E-state index contributed by atoms with van der Waals surface area (Å²) in [5, 5.41) is 8.21. The van der Waals surface area contributed by atoms with Gasteiger partial charge in [-0.2, -0.15) is 9.81 Å². The molecule has 0 aromatic rings. The van der Waals surface area contributed by atoms with E-state index in [0.717, 1.165) is 0 Å². The molecule has 1 aliphatic carbocycles. The van der Waals surface area contributed by atoms with Crippen molar-refractivity contribution in [2.24, 2.45) is 16.3 Å². The van der Waals surface area contributed by atoms with E-state index in [-0.39, 0.29) is 11.8 Å². The number of carbonyl (C=O) groups excluding carboxylic acids is 1. The Hall–Kier alpha value is -1.33. The molecule has 1 amide bonds. The van der Waals surface area contributed by atoms with Crippen molar-refractivity contribution < 1.29 is 4.79 Å². The Morgan fingerprint density at radius 2 is 1.86 bits per heavy atom. The molecule has 1 saturated carbocycles. The molecule has 3 atom stereocenters. The molecular weight excluding hydrogens is 186 g/mol. The first-order chi connectivity index (χ1) is 6.72. The Morgan fingerprint density at radius 3 is 2.36 bits per heavy atom. The van der Waals surface area contributed by atoms with Gasteiger partial charge in [-0.3, -0.25) is 4.79 Å². The summed E-state index contributed by atoms with van der Waals surface area (Å²) in [5.41, 5.74) is 0. The quantitative estimate of drug-likeness (QED) is 0.682. The molecule has 0 aromatic heterocycles. The van der Waals surface area contributed by atoms with E-state index in [2.05, 4.69) is 15.7 Å². The highest BCUT2D eigenvalue weighted by Gasteiger charge is 2.35. The molecule has 0 aliphatic heterocycles. The molecule has 0 radical (unpaired) electrons. The summed E-state index contributed by atoms with van der Waals surface area (Å²) in [6.07, 6.45) is 1.40. The third kappa shape index (κ3) is 2.12. The highest BCUT2D eigenvalue weighted by atomic mass is 16.3. The molecule has 0 aromatic carbocycles. The van der Waals surface area contributed by atoms with Gasteiger partial charge < -0.3 is 5.32 Å². The second-order valence-electron chi connectivity index (χ2n) is 3.47. The average molecular weight is 199 g/mol. The zero-order chi connectivity index (χ0) is 10.6. The van der Waals surface area contributed by atoms with Crippen molar-refractivity contribution in [2.75, 3.05) is 7.05 Å². The minimum absolute atomic E-state index is 0.0944. The van der Waals surface area contributed by atoms with Gasteiger partial charge in [0.2, 0.25) is 5.91 Å².